The number of allylic oxidation sites excluding steroid dienone is 12. The molecule has 0 amide bonds. The first-order chi connectivity index (χ1) is 38.0. The van der Waals surface area contributed by atoms with Gasteiger partial charge >= 0.3 is 19.8 Å². The lowest BCUT2D eigenvalue weighted by Crippen LogP contribution is -2.37. The smallest absolute Gasteiger partial charge is 0.462 e. The Morgan fingerprint density at radius 1 is 0.410 bits per heavy atom. The number of ether oxygens (including phenoxy) is 2. The maximum absolute atomic E-state index is 12.8. The van der Waals surface area contributed by atoms with Crippen LogP contribution in [0.5, 0.6) is 0 Å². The molecule has 0 aromatic heterocycles. The Morgan fingerprint density at radius 2 is 0.731 bits per heavy atom. The molecular formula is C68H125NO8P+. The molecule has 78 heavy (non-hydrogen) atoms. The number of carbonyl (C=O) groups excluding carboxylic acids is 2. The minimum absolute atomic E-state index is 0.0275. The van der Waals surface area contributed by atoms with Gasteiger partial charge in [0.2, 0.25) is 0 Å². The molecule has 0 bridgehead atoms. The third-order valence-corrected chi connectivity index (χ3v) is 15.2. The second-order valence-corrected chi connectivity index (χ2v) is 24.6. The third kappa shape index (κ3) is 62.6. The Morgan fingerprint density at radius 3 is 1.10 bits per heavy atom. The predicted molar refractivity (Wildman–Crippen MR) is 335 cm³/mol. The number of phosphoric acid groups is 1. The van der Waals surface area contributed by atoms with Gasteiger partial charge in [0, 0.05) is 12.8 Å². The largest absolute Gasteiger partial charge is 0.472 e. The lowest BCUT2D eigenvalue weighted by Gasteiger charge is -2.24. The fourth-order valence-corrected chi connectivity index (χ4v) is 9.96. The lowest BCUT2D eigenvalue weighted by molar-refractivity contribution is -0.870. The fraction of sp³-hybridized carbons (Fsp3) is 0.794. The van der Waals surface area contributed by atoms with Crippen LogP contribution in [-0.4, -0.2) is 74.9 Å². The van der Waals surface area contributed by atoms with E-state index in [0.29, 0.717) is 17.4 Å². The molecule has 0 spiro atoms. The lowest BCUT2D eigenvalue weighted by atomic mass is 10.0. The molecule has 0 heterocycles. The summed E-state index contributed by atoms with van der Waals surface area (Å²) in [6.07, 6.45) is 78.5. The maximum Gasteiger partial charge on any atom is 0.472 e. The number of quaternary nitrogens is 1. The normalized spacial score (nSPS) is 13.7. The van der Waals surface area contributed by atoms with E-state index in [1.54, 1.807) is 0 Å². The van der Waals surface area contributed by atoms with Crippen LogP contribution in [0.1, 0.15) is 296 Å². The molecule has 2 unspecified atom stereocenters. The summed E-state index contributed by atoms with van der Waals surface area (Å²) in [7, 11) is 1.47. The van der Waals surface area contributed by atoms with Crippen molar-refractivity contribution < 1.29 is 42.1 Å². The first-order valence-electron chi connectivity index (χ1n) is 32.7. The van der Waals surface area contributed by atoms with Gasteiger partial charge in [-0.3, -0.25) is 18.6 Å². The van der Waals surface area contributed by atoms with E-state index in [4.69, 9.17) is 18.5 Å². The van der Waals surface area contributed by atoms with E-state index in [9.17, 15) is 19.0 Å². The Balaban J connectivity index is 4.07. The van der Waals surface area contributed by atoms with Gasteiger partial charge in [0.25, 0.3) is 0 Å². The molecule has 2 atom stereocenters. The van der Waals surface area contributed by atoms with Crippen molar-refractivity contribution in [1.29, 1.82) is 0 Å². The minimum Gasteiger partial charge on any atom is -0.462 e. The number of rotatable bonds is 60. The summed E-state index contributed by atoms with van der Waals surface area (Å²) in [5.41, 5.74) is 0. The van der Waals surface area contributed by atoms with Gasteiger partial charge in [0.1, 0.15) is 19.8 Å². The zero-order valence-corrected chi connectivity index (χ0v) is 52.5. The monoisotopic (exact) mass is 1110 g/mol. The average Bonchev–Trinajstić information content (AvgIpc) is 3.40. The van der Waals surface area contributed by atoms with Gasteiger partial charge in [0.05, 0.1) is 27.7 Å². The molecule has 0 fully saturated rings. The first kappa shape index (κ1) is 75.5. The van der Waals surface area contributed by atoms with Gasteiger partial charge < -0.3 is 18.9 Å². The van der Waals surface area contributed by atoms with Crippen molar-refractivity contribution in [3.8, 4) is 0 Å². The minimum atomic E-state index is -4.39. The quantitative estimate of drug-likeness (QED) is 0.0211. The van der Waals surface area contributed by atoms with Crippen molar-refractivity contribution >= 4 is 19.8 Å². The number of esters is 2. The summed E-state index contributed by atoms with van der Waals surface area (Å²) in [6.45, 7) is 4.34. The molecule has 0 saturated heterocycles. The molecule has 0 radical (unpaired) electrons. The molecule has 0 aromatic carbocycles. The van der Waals surface area contributed by atoms with Crippen LogP contribution < -0.4 is 0 Å². The van der Waals surface area contributed by atoms with Crippen molar-refractivity contribution in [1.82, 2.24) is 0 Å². The molecule has 0 aliphatic carbocycles. The summed E-state index contributed by atoms with van der Waals surface area (Å²) in [5, 5.41) is 0. The molecule has 10 heteroatoms. The molecule has 0 aliphatic heterocycles. The Labute approximate surface area is 482 Å². The van der Waals surface area contributed by atoms with Crippen molar-refractivity contribution in [3.05, 3.63) is 72.9 Å². The van der Waals surface area contributed by atoms with Gasteiger partial charge in [-0.25, -0.2) is 4.57 Å². The van der Waals surface area contributed by atoms with Gasteiger partial charge in [-0.1, -0.05) is 273 Å². The second kappa shape index (κ2) is 59.1. The van der Waals surface area contributed by atoms with Crippen LogP contribution in [0.25, 0.3) is 0 Å². The van der Waals surface area contributed by atoms with Gasteiger partial charge in [-0.05, 0) is 83.5 Å². The average molecular weight is 1120 g/mol. The van der Waals surface area contributed by atoms with Gasteiger partial charge in [-0.15, -0.1) is 0 Å². The van der Waals surface area contributed by atoms with Crippen LogP contribution in [0.15, 0.2) is 72.9 Å². The highest BCUT2D eigenvalue weighted by molar-refractivity contribution is 7.47. The molecular weight excluding hydrogens is 990 g/mol. The Kier molecular flexibility index (Phi) is 57.2. The van der Waals surface area contributed by atoms with Crippen LogP contribution in [0.2, 0.25) is 0 Å². The van der Waals surface area contributed by atoms with E-state index in [1.807, 2.05) is 21.1 Å². The standard InChI is InChI=1S/C68H124NO8P/c1-6-8-10-12-14-16-18-20-22-24-26-28-30-31-32-33-34-35-36-37-39-40-42-44-46-48-50-52-54-56-58-60-67(70)74-64-66(65-76-78(72,73)75-63-62-69(3,4)5)77-68(71)61-59-57-55-53-51-49-47-45-43-41-38-29-27-25-23-21-19-17-15-13-11-9-7-2/h9,11,15,17,21,23-24,26-27,29,41,43,66H,6-8,10,12-14,16,18-20,22,25,28,30-40,42,44-65H2,1-5H3/p+1/b11-9-,17-15-,23-21-,26-24-,29-27-,43-41-. The SMILES string of the molecule is CC/C=C\C/C=C\C/C=C\C/C=C\C/C=C\CCCCCCCCCC(=O)OC(COC(=O)CCCCCCCCCCCCCCCCCCCCC/C=C\CCCCCCCCCC)COP(=O)(O)OCC[N+](C)(C)C. The summed E-state index contributed by atoms with van der Waals surface area (Å²) in [6, 6.07) is 0. The molecule has 1 N–H and O–H groups in total. The molecule has 454 valence electrons. The summed E-state index contributed by atoms with van der Waals surface area (Å²) in [5.74, 6) is -0.802. The predicted octanol–water partition coefficient (Wildman–Crippen LogP) is 20.8. The number of hydrogen-bond donors (Lipinski definition) is 1. The van der Waals surface area contributed by atoms with Crippen LogP contribution in [-0.2, 0) is 32.7 Å². The summed E-state index contributed by atoms with van der Waals surface area (Å²) < 4.78 is 34.6. The second-order valence-electron chi connectivity index (χ2n) is 23.1. The number of likely N-dealkylation sites (N-methyl/N-ethyl adjacent to an activating group) is 1. The molecule has 9 nitrogen and oxygen atoms in total. The number of unbranched alkanes of at least 4 members (excludes halogenated alkanes) is 34. The van der Waals surface area contributed by atoms with E-state index in [-0.39, 0.29) is 32.0 Å². The number of hydrogen-bond acceptors (Lipinski definition) is 7. The van der Waals surface area contributed by atoms with Crippen molar-refractivity contribution in [2.24, 2.45) is 0 Å². The molecule has 0 rings (SSSR count). The topological polar surface area (TPSA) is 108 Å². The van der Waals surface area contributed by atoms with E-state index in [0.717, 1.165) is 77.0 Å². The van der Waals surface area contributed by atoms with Crippen molar-refractivity contribution in [3.63, 3.8) is 0 Å². The number of nitrogens with zero attached hydrogens (tertiary/aromatic N) is 1. The number of carbonyl (C=O) groups is 2. The highest BCUT2D eigenvalue weighted by atomic mass is 31.2. The zero-order valence-electron chi connectivity index (χ0n) is 51.6. The van der Waals surface area contributed by atoms with Crippen LogP contribution >= 0.6 is 7.82 Å². The van der Waals surface area contributed by atoms with Crippen LogP contribution in [0, 0.1) is 0 Å². The maximum atomic E-state index is 12.8. The van der Waals surface area contributed by atoms with Crippen molar-refractivity contribution in [2.75, 3.05) is 47.5 Å². The molecule has 0 aromatic rings. The highest BCUT2D eigenvalue weighted by Gasteiger charge is 2.27. The third-order valence-electron chi connectivity index (χ3n) is 14.2. The van der Waals surface area contributed by atoms with E-state index in [1.165, 1.54) is 186 Å². The Bertz CT molecular complexity index is 1550. The van der Waals surface area contributed by atoms with Gasteiger partial charge in [0.15, 0.2) is 6.10 Å². The zero-order chi connectivity index (χ0) is 57.0. The van der Waals surface area contributed by atoms with Crippen LogP contribution in [0.4, 0.5) is 0 Å². The first-order valence-corrected chi connectivity index (χ1v) is 34.2. The van der Waals surface area contributed by atoms with Gasteiger partial charge in [-0.2, -0.15) is 0 Å². The van der Waals surface area contributed by atoms with E-state index >= 15 is 0 Å². The highest BCUT2D eigenvalue weighted by Crippen LogP contribution is 2.43. The summed E-state index contributed by atoms with van der Waals surface area (Å²) in [4.78, 5) is 35.8. The van der Waals surface area contributed by atoms with Crippen molar-refractivity contribution in [2.45, 2.75) is 302 Å². The fourth-order valence-electron chi connectivity index (χ4n) is 9.22. The van der Waals surface area contributed by atoms with E-state index < -0.39 is 26.5 Å². The number of phosphoric ester groups is 1. The Hall–Kier alpha value is -2.55. The summed E-state index contributed by atoms with van der Waals surface area (Å²) >= 11 is 0. The van der Waals surface area contributed by atoms with E-state index in [2.05, 4.69) is 86.8 Å². The molecule has 0 saturated carbocycles. The molecule has 0 aliphatic rings. The van der Waals surface area contributed by atoms with Crippen LogP contribution in [0.3, 0.4) is 0 Å².